The first-order valence-electron chi connectivity index (χ1n) is 6.48. The third-order valence-corrected chi connectivity index (χ3v) is 4.14. The minimum absolute atomic E-state index is 0.158. The molecule has 1 aromatic heterocycles. The lowest BCUT2D eigenvalue weighted by Crippen LogP contribution is -2.12. The van der Waals surface area contributed by atoms with Crippen LogP contribution in [0.15, 0.2) is 16.6 Å². The lowest BCUT2D eigenvalue weighted by atomic mass is 10.2. The second kappa shape index (κ2) is 7.34. The SMILES string of the molecule is CCOc1c(Br)cc(C(=O)Nc2nnc(C(F)(F)F)s2)cc1OC. The molecule has 1 heterocycles. The van der Waals surface area contributed by atoms with E-state index in [2.05, 4.69) is 31.4 Å². The van der Waals surface area contributed by atoms with Crippen molar-refractivity contribution in [2.75, 3.05) is 19.0 Å². The van der Waals surface area contributed by atoms with Crippen LogP contribution < -0.4 is 14.8 Å². The van der Waals surface area contributed by atoms with E-state index in [1.54, 1.807) is 6.92 Å². The van der Waals surface area contributed by atoms with Gasteiger partial charge in [0.15, 0.2) is 11.5 Å². The zero-order chi connectivity index (χ0) is 17.9. The molecule has 1 amide bonds. The molecule has 0 aliphatic carbocycles. The number of nitrogens with one attached hydrogen (secondary N) is 1. The lowest BCUT2D eigenvalue weighted by molar-refractivity contribution is -0.138. The Morgan fingerprint density at radius 3 is 2.62 bits per heavy atom. The molecule has 0 atom stereocenters. The fourth-order valence-corrected chi connectivity index (χ4v) is 2.86. The summed E-state index contributed by atoms with van der Waals surface area (Å²) in [6.45, 7) is 2.19. The van der Waals surface area contributed by atoms with Gasteiger partial charge in [0.1, 0.15) is 0 Å². The highest BCUT2D eigenvalue weighted by molar-refractivity contribution is 9.10. The number of methoxy groups -OCH3 is 1. The Labute approximate surface area is 147 Å². The zero-order valence-electron chi connectivity index (χ0n) is 12.4. The standard InChI is InChI=1S/C13H11BrF3N3O3S/c1-3-23-9-7(14)4-6(5-8(9)22-2)10(21)18-12-20-19-11(24-12)13(15,16)17/h4-5H,3H2,1-2H3,(H,18,20,21). The number of amides is 1. The number of carbonyl (C=O) groups excluding carboxylic acids is 1. The van der Waals surface area contributed by atoms with Crippen LogP contribution in [0.4, 0.5) is 18.3 Å². The van der Waals surface area contributed by atoms with Gasteiger partial charge in [-0.1, -0.05) is 11.3 Å². The van der Waals surface area contributed by atoms with Gasteiger partial charge >= 0.3 is 6.18 Å². The molecule has 0 radical (unpaired) electrons. The van der Waals surface area contributed by atoms with E-state index >= 15 is 0 Å². The van der Waals surface area contributed by atoms with Crippen LogP contribution in [-0.2, 0) is 6.18 Å². The zero-order valence-corrected chi connectivity index (χ0v) is 14.8. The molecule has 0 fully saturated rings. The predicted molar refractivity (Wildman–Crippen MR) is 84.7 cm³/mol. The quantitative estimate of drug-likeness (QED) is 0.783. The third kappa shape index (κ3) is 4.15. The molecule has 11 heteroatoms. The van der Waals surface area contributed by atoms with Crippen LogP contribution >= 0.6 is 27.3 Å². The fraction of sp³-hybridized carbons (Fsp3) is 0.308. The summed E-state index contributed by atoms with van der Waals surface area (Å²) >= 11 is 3.51. The van der Waals surface area contributed by atoms with E-state index < -0.39 is 17.1 Å². The number of ether oxygens (including phenoxy) is 2. The fourth-order valence-electron chi connectivity index (χ4n) is 1.69. The van der Waals surface area contributed by atoms with Crippen LogP contribution in [0, 0.1) is 0 Å². The smallest absolute Gasteiger partial charge is 0.445 e. The normalized spacial score (nSPS) is 11.2. The summed E-state index contributed by atoms with van der Waals surface area (Å²) in [5, 5.41) is 7.19. The number of nitrogens with zero attached hydrogens (tertiary/aromatic N) is 2. The summed E-state index contributed by atoms with van der Waals surface area (Å²) in [5.41, 5.74) is 0.158. The Bertz CT molecular complexity index is 752. The van der Waals surface area contributed by atoms with Gasteiger partial charge in [0.05, 0.1) is 18.2 Å². The molecule has 2 aromatic rings. The van der Waals surface area contributed by atoms with Crippen molar-refractivity contribution in [3.63, 3.8) is 0 Å². The van der Waals surface area contributed by atoms with Crippen LogP contribution in [-0.4, -0.2) is 29.8 Å². The number of halogens is 4. The van der Waals surface area contributed by atoms with Gasteiger partial charge in [-0.15, -0.1) is 10.2 Å². The van der Waals surface area contributed by atoms with E-state index in [0.29, 0.717) is 22.6 Å². The number of aromatic nitrogens is 2. The maximum absolute atomic E-state index is 12.5. The predicted octanol–water partition coefficient (Wildman–Crippen LogP) is 3.98. The van der Waals surface area contributed by atoms with Crippen molar-refractivity contribution in [2.45, 2.75) is 13.1 Å². The van der Waals surface area contributed by atoms with Gasteiger partial charge in [-0.25, -0.2) is 0 Å². The third-order valence-electron chi connectivity index (χ3n) is 2.67. The maximum atomic E-state index is 12.5. The van der Waals surface area contributed by atoms with Crippen molar-refractivity contribution in [3.05, 3.63) is 27.2 Å². The van der Waals surface area contributed by atoms with Crippen molar-refractivity contribution >= 4 is 38.3 Å². The monoisotopic (exact) mass is 425 g/mol. The van der Waals surface area contributed by atoms with Crippen molar-refractivity contribution < 1.29 is 27.4 Å². The Kier molecular flexibility index (Phi) is 5.65. The first kappa shape index (κ1) is 18.5. The van der Waals surface area contributed by atoms with Crippen molar-refractivity contribution in [3.8, 4) is 11.5 Å². The van der Waals surface area contributed by atoms with Gasteiger partial charge in [-0.05, 0) is 35.0 Å². The number of rotatable bonds is 5. The minimum Gasteiger partial charge on any atom is -0.493 e. The minimum atomic E-state index is -4.61. The molecular weight excluding hydrogens is 415 g/mol. The number of anilines is 1. The van der Waals surface area contributed by atoms with E-state index in [9.17, 15) is 18.0 Å². The van der Waals surface area contributed by atoms with Gasteiger partial charge in [0.25, 0.3) is 5.91 Å². The molecule has 1 aromatic carbocycles. The highest BCUT2D eigenvalue weighted by Crippen LogP contribution is 2.37. The molecule has 0 unspecified atom stereocenters. The summed E-state index contributed by atoms with van der Waals surface area (Å²) in [6.07, 6.45) is -4.61. The summed E-state index contributed by atoms with van der Waals surface area (Å²) in [7, 11) is 1.41. The molecular formula is C13H11BrF3N3O3S. The Hall–Kier alpha value is -1.88. The highest BCUT2D eigenvalue weighted by Gasteiger charge is 2.35. The molecule has 0 aliphatic heterocycles. The molecule has 0 saturated carbocycles. The van der Waals surface area contributed by atoms with Crippen LogP contribution in [0.25, 0.3) is 0 Å². The van der Waals surface area contributed by atoms with Crippen molar-refractivity contribution in [1.82, 2.24) is 10.2 Å². The van der Waals surface area contributed by atoms with Gasteiger partial charge in [-0.3, -0.25) is 10.1 Å². The van der Waals surface area contributed by atoms with Crippen LogP contribution in [0.2, 0.25) is 0 Å². The second-order valence-corrected chi connectivity index (χ2v) is 6.12. The molecule has 1 N–H and O–H groups in total. The van der Waals surface area contributed by atoms with Crippen molar-refractivity contribution in [2.24, 2.45) is 0 Å². The van der Waals surface area contributed by atoms with Gasteiger partial charge in [0, 0.05) is 5.56 Å². The number of benzene rings is 1. The summed E-state index contributed by atoms with van der Waals surface area (Å²) in [5.74, 6) is 0.0818. The van der Waals surface area contributed by atoms with E-state index in [4.69, 9.17) is 9.47 Å². The number of hydrogen-bond donors (Lipinski definition) is 1. The average Bonchev–Trinajstić information content (AvgIpc) is 2.97. The van der Waals surface area contributed by atoms with Crippen LogP contribution in [0.3, 0.4) is 0 Å². The van der Waals surface area contributed by atoms with E-state index in [-0.39, 0.29) is 22.0 Å². The lowest BCUT2D eigenvalue weighted by Gasteiger charge is -2.12. The van der Waals surface area contributed by atoms with Crippen molar-refractivity contribution in [1.29, 1.82) is 0 Å². The molecule has 0 aliphatic rings. The van der Waals surface area contributed by atoms with Crippen LogP contribution in [0.5, 0.6) is 11.5 Å². The molecule has 2 rings (SSSR count). The number of carbonyl (C=O) groups is 1. The summed E-state index contributed by atoms with van der Waals surface area (Å²) in [6, 6.07) is 2.88. The average molecular weight is 426 g/mol. The first-order valence-corrected chi connectivity index (χ1v) is 8.09. The Balaban J connectivity index is 2.24. The Morgan fingerprint density at radius 2 is 2.08 bits per heavy atom. The first-order chi connectivity index (χ1) is 11.3. The van der Waals surface area contributed by atoms with Crippen LogP contribution in [0.1, 0.15) is 22.3 Å². The number of hydrogen-bond acceptors (Lipinski definition) is 6. The molecule has 0 spiro atoms. The second-order valence-electron chi connectivity index (χ2n) is 4.29. The maximum Gasteiger partial charge on any atom is 0.445 e. The summed E-state index contributed by atoms with van der Waals surface area (Å²) in [4.78, 5) is 12.2. The highest BCUT2D eigenvalue weighted by atomic mass is 79.9. The van der Waals surface area contributed by atoms with E-state index in [1.165, 1.54) is 19.2 Å². The molecule has 0 saturated heterocycles. The summed E-state index contributed by atoms with van der Waals surface area (Å²) < 4.78 is 48.5. The van der Waals surface area contributed by atoms with Gasteiger partial charge < -0.3 is 9.47 Å². The molecule has 0 bridgehead atoms. The molecule has 6 nitrogen and oxygen atoms in total. The molecule has 130 valence electrons. The van der Waals surface area contributed by atoms with E-state index in [1.807, 2.05) is 0 Å². The van der Waals surface area contributed by atoms with Gasteiger partial charge in [-0.2, -0.15) is 13.2 Å². The number of alkyl halides is 3. The molecule has 24 heavy (non-hydrogen) atoms. The topological polar surface area (TPSA) is 73.3 Å². The largest absolute Gasteiger partial charge is 0.493 e. The Morgan fingerprint density at radius 1 is 1.38 bits per heavy atom. The van der Waals surface area contributed by atoms with Gasteiger partial charge in [0.2, 0.25) is 10.1 Å². The van der Waals surface area contributed by atoms with E-state index in [0.717, 1.165) is 0 Å².